The molecule has 1 aliphatic heterocycles. The van der Waals surface area contributed by atoms with Crippen molar-refractivity contribution in [3.8, 4) is 11.5 Å². The highest BCUT2D eigenvalue weighted by atomic mass is 35.5. The lowest BCUT2D eigenvalue weighted by Gasteiger charge is -2.35. The lowest BCUT2D eigenvalue weighted by Crippen LogP contribution is -2.50. The van der Waals surface area contributed by atoms with Crippen LogP contribution in [-0.2, 0) is 0 Å². The molecule has 2 amide bonds. The van der Waals surface area contributed by atoms with Crippen molar-refractivity contribution in [2.24, 2.45) is 0 Å². The summed E-state index contributed by atoms with van der Waals surface area (Å²) in [5.74, 6) is 0.872. The van der Waals surface area contributed by atoms with Gasteiger partial charge in [-0.2, -0.15) is 0 Å². The zero-order valence-electron chi connectivity index (χ0n) is 15.3. The van der Waals surface area contributed by atoms with E-state index in [0.717, 1.165) is 0 Å². The number of benzene rings is 2. The molecule has 7 heteroatoms. The van der Waals surface area contributed by atoms with Crippen LogP contribution in [0.4, 0.5) is 0 Å². The molecule has 1 fully saturated rings. The number of carbonyl (C=O) groups is 2. The zero-order chi connectivity index (χ0) is 19.4. The maximum atomic E-state index is 12.9. The summed E-state index contributed by atoms with van der Waals surface area (Å²) in [5.41, 5.74) is 1.00. The zero-order valence-corrected chi connectivity index (χ0v) is 16.0. The van der Waals surface area contributed by atoms with E-state index in [2.05, 4.69) is 0 Å². The van der Waals surface area contributed by atoms with Gasteiger partial charge >= 0.3 is 0 Å². The van der Waals surface area contributed by atoms with Crippen molar-refractivity contribution >= 4 is 23.4 Å². The van der Waals surface area contributed by atoms with E-state index in [0.29, 0.717) is 53.8 Å². The lowest BCUT2D eigenvalue weighted by atomic mass is 10.1. The predicted octanol–water partition coefficient (Wildman–Crippen LogP) is 2.96. The SMILES string of the molecule is COc1ccc(OC)c(C(=O)N2CCN(C(=O)c3cccc(Cl)c3)CC2)c1. The Bertz CT molecular complexity index is 848. The normalized spacial score (nSPS) is 14.0. The van der Waals surface area contributed by atoms with E-state index >= 15 is 0 Å². The highest BCUT2D eigenvalue weighted by molar-refractivity contribution is 6.30. The number of rotatable bonds is 4. The molecule has 142 valence electrons. The largest absolute Gasteiger partial charge is 0.497 e. The summed E-state index contributed by atoms with van der Waals surface area (Å²) in [6.45, 7) is 1.82. The van der Waals surface area contributed by atoms with Crippen molar-refractivity contribution in [3.05, 3.63) is 58.6 Å². The number of methoxy groups -OCH3 is 2. The van der Waals surface area contributed by atoms with E-state index in [-0.39, 0.29) is 11.8 Å². The Hall–Kier alpha value is -2.73. The fourth-order valence-corrected chi connectivity index (χ4v) is 3.26. The van der Waals surface area contributed by atoms with E-state index in [4.69, 9.17) is 21.1 Å². The van der Waals surface area contributed by atoms with Crippen molar-refractivity contribution in [2.45, 2.75) is 0 Å². The van der Waals surface area contributed by atoms with Gasteiger partial charge in [0.15, 0.2) is 0 Å². The first kappa shape index (κ1) is 19.0. The number of hydrogen-bond acceptors (Lipinski definition) is 4. The second-order valence-electron chi connectivity index (χ2n) is 6.16. The summed E-state index contributed by atoms with van der Waals surface area (Å²) in [5, 5.41) is 0.528. The topological polar surface area (TPSA) is 59.1 Å². The molecule has 0 bridgehead atoms. The Labute approximate surface area is 163 Å². The standard InChI is InChI=1S/C20H21ClN2O4/c1-26-16-6-7-18(27-2)17(13-16)20(25)23-10-8-22(9-11-23)19(24)14-4-3-5-15(21)12-14/h3-7,12-13H,8-11H2,1-2H3. The van der Waals surface area contributed by atoms with Crippen LogP contribution in [0.3, 0.4) is 0 Å². The molecule has 0 N–H and O–H groups in total. The molecule has 6 nitrogen and oxygen atoms in total. The van der Waals surface area contributed by atoms with Gasteiger partial charge in [-0.05, 0) is 36.4 Å². The fraction of sp³-hybridized carbons (Fsp3) is 0.300. The smallest absolute Gasteiger partial charge is 0.257 e. The van der Waals surface area contributed by atoms with E-state index in [1.165, 1.54) is 7.11 Å². The highest BCUT2D eigenvalue weighted by Crippen LogP contribution is 2.26. The Morgan fingerprint density at radius 3 is 2.15 bits per heavy atom. The van der Waals surface area contributed by atoms with Crippen molar-refractivity contribution in [1.29, 1.82) is 0 Å². The summed E-state index contributed by atoms with van der Waals surface area (Å²) in [7, 11) is 3.08. The second kappa shape index (κ2) is 8.31. The minimum atomic E-state index is -0.138. The maximum absolute atomic E-state index is 12.9. The van der Waals surface area contributed by atoms with Crippen molar-refractivity contribution in [1.82, 2.24) is 9.80 Å². The summed E-state index contributed by atoms with van der Waals surface area (Å²) in [6, 6.07) is 12.0. The van der Waals surface area contributed by atoms with Crippen LogP contribution in [0.15, 0.2) is 42.5 Å². The molecule has 1 aliphatic rings. The van der Waals surface area contributed by atoms with Crippen LogP contribution in [0.25, 0.3) is 0 Å². The quantitative estimate of drug-likeness (QED) is 0.808. The average Bonchev–Trinajstić information content (AvgIpc) is 2.72. The van der Waals surface area contributed by atoms with Crippen LogP contribution in [0.5, 0.6) is 11.5 Å². The first-order chi connectivity index (χ1) is 13.0. The Balaban J connectivity index is 1.69. The van der Waals surface area contributed by atoms with Crippen molar-refractivity contribution in [3.63, 3.8) is 0 Å². The summed E-state index contributed by atoms with van der Waals surface area (Å²) >= 11 is 5.97. The van der Waals surface area contributed by atoms with E-state index in [9.17, 15) is 9.59 Å². The number of piperazine rings is 1. The molecular formula is C20H21ClN2O4. The van der Waals surface area contributed by atoms with Gasteiger partial charge in [0.2, 0.25) is 0 Å². The lowest BCUT2D eigenvalue weighted by molar-refractivity contribution is 0.0533. The van der Waals surface area contributed by atoms with Crippen molar-refractivity contribution in [2.75, 3.05) is 40.4 Å². The molecule has 27 heavy (non-hydrogen) atoms. The van der Waals surface area contributed by atoms with E-state index < -0.39 is 0 Å². The van der Waals surface area contributed by atoms with E-state index in [1.807, 2.05) is 0 Å². The number of carbonyl (C=O) groups excluding carboxylic acids is 2. The first-order valence-electron chi connectivity index (χ1n) is 8.59. The third-order valence-electron chi connectivity index (χ3n) is 4.56. The van der Waals surface area contributed by atoms with Gasteiger partial charge in [-0.15, -0.1) is 0 Å². The molecule has 1 saturated heterocycles. The monoisotopic (exact) mass is 388 g/mol. The Morgan fingerprint density at radius 2 is 1.56 bits per heavy atom. The van der Waals surface area contributed by atoms with Crippen LogP contribution >= 0.6 is 11.6 Å². The number of ether oxygens (including phenoxy) is 2. The minimum absolute atomic E-state index is 0.0800. The van der Waals surface area contributed by atoms with Gasteiger partial charge in [-0.3, -0.25) is 9.59 Å². The molecule has 3 rings (SSSR count). The molecule has 0 aliphatic carbocycles. The molecule has 1 heterocycles. The van der Waals surface area contributed by atoms with Gasteiger partial charge in [0.1, 0.15) is 11.5 Å². The Kier molecular flexibility index (Phi) is 5.86. The maximum Gasteiger partial charge on any atom is 0.257 e. The molecule has 2 aromatic rings. The molecule has 2 aromatic carbocycles. The molecule has 0 unspecified atom stereocenters. The van der Waals surface area contributed by atoms with Gasteiger partial charge in [0.25, 0.3) is 11.8 Å². The van der Waals surface area contributed by atoms with Crippen LogP contribution < -0.4 is 9.47 Å². The van der Waals surface area contributed by atoms with Crippen LogP contribution in [-0.4, -0.2) is 62.0 Å². The summed E-state index contributed by atoms with van der Waals surface area (Å²) < 4.78 is 10.5. The van der Waals surface area contributed by atoms with Gasteiger partial charge < -0.3 is 19.3 Å². The second-order valence-corrected chi connectivity index (χ2v) is 6.60. The van der Waals surface area contributed by atoms with Crippen molar-refractivity contribution < 1.29 is 19.1 Å². The van der Waals surface area contributed by atoms with Gasteiger partial charge in [0, 0.05) is 36.8 Å². The summed E-state index contributed by atoms with van der Waals surface area (Å²) in [4.78, 5) is 29.0. The third kappa shape index (κ3) is 4.17. The number of hydrogen-bond donors (Lipinski definition) is 0. The van der Waals surface area contributed by atoms with Crippen LogP contribution in [0, 0.1) is 0 Å². The number of nitrogens with zero attached hydrogens (tertiary/aromatic N) is 2. The number of halogens is 1. The average molecular weight is 389 g/mol. The van der Waals surface area contributed by atoms with Crippen LogP contribution in [0.2, 0.25) is 5.02 Å². The highest BCUT2D eigenvalue weighted by Gasteiger charge is 2.27. The number of amides is 2. The molecule has 0 atom stereocenters. The minimum Gasteiger partial charge on any atom is -0.497 e. The third-order valence-corrected chi connectivity index (χ3v) is 4.80. The molecule has 0 radical (unpaired) electrons. The molecular weight excluding hydrogens is 368 g/mol. The fourth-order valence-electron chi connectivity index (χ4n) is 3.07. The van der Waals surface area contributed by atoms with Gasteiger partial charge in [-0.1, -0.05) is 17.7 Å². The molecule has 0 saturated carbocycles. The van der Waals surface area contributed by atoms with Crippen LogP contribution in [0.1, 0.15) is 20.7 Å². The summed E-state index contributed by atoms with van der Waals surface area (Å²) in [6.07, 6.45) is 0. The predicted molar refractivity (Wildman–Crippen MR) is 103 cm³/mol. The van der Waals surface area contributed by atoms with Gasteiger partial charge in [0.05, 0.1) is 19.8 Å². The molecule has 0 aromatic heterocycles. The van der Waals surface area contributed by atoms with E-state index in [1.54, 1.807) is 59.4 Å². The van der Waals surface area contributed by atoms with Gasteiger partial charge in [-0.25, -0.2) is 0 Å². The molecule has 0 spiro atoms. The first-order valence-corrected chi connectivity index (χ1v) is 8.97. The Morgan fingerprint density at radius 1 is 0.889 bits per heavy atom.